The zero-order valence-electron chi connectivity index (χ0n) is 18.7. The first-order valence-corrected chi connectivity index (χ1v) is 13.6. The van der Waals surface area contributed by atoms with Crippen molar-refractivity contribution in [1.29, 1.82) is 0 Å². The highest BCUT2D eigenvalue weighted by Crippen LogP contribution is 2.32. The number of urea groups is 1. The third-order valence-corrected chi connectivity index (χ3v) is 9.32. The Morgan fingerprint density at radius 2 is 1.82 bits per heavy atom. The van der Waals surface area contributed by atoms with E-state index in [1.54, 1.807) is 24.3 Å². The monoisotopic (exact) mass is 490 g/mol. The maximum absolute atomic E-state index is 12.7. The van der Waals surface area contributed by atoms with Gasteiger partial charge in [0.2, 0.25) is 10.0 Å². The number of thiophene rings is 1. The summed E-state index contributed by atoms with van der Waals surface area (Å²) in [5, 5.41) is 2.66. The molecule has 1 saturated heterocycles. The molecular weight excluding hydrogens is 460 g/mol. The topological polar surface area (TPSA) is 108 Å². The van der Waals surface area contributed by atoms with Gasteiger partial charge in [-0.05, 0) is 67.3 Å². The second kappa shape index (κ2) is 10.2. The van der Waals surface area contributed by atoms with Gasteiger partial charge in [-0.15, -0.1) is 11.3 Å². The van der Waals surface area contributed by atoms with Gasteiger partial charge in [-0.2, -0.15) is 4.31 Å². The van der Waals surface area contributed by atoms with Crippen LogP contribution in [0, 0.1) is 5.92 Å². The van der Waals surface area contributed by atoms with E-state index in [-0.39, 0.29) is 17.3 Å². The number of fused-ring (bicyclic) bond motifs is 1. The van der Waals surface area contributed by atoms with Gasteiger partial charge < -0.3 is 5.32 Å². The molecule has 0 saturated carbocycles. The molecule has 1 aromatic carbocycles. The van der Waals surface area contributed by atoms with E-state index < -0.39 is 16.1 Å². The fourth-order valence-corrected chi connectivity index (χ4v) is 6.87. The summed E-state index contributed by atoms with van der Waals surface area (Å²) in [6, 6.07) is 7.90. The van der Waals surface area contributed by atoms with Crippen molar-refractivity contribution in [2.75, 3.05) is 13.1 Å². The minimum Gasteiger partial charge on any atom is -0.333 e. The summed E-state index contributed by atoms with van der Waals surface area (Å²) in [5.41, 5.74) is 6.81. The molecular formula is C23H30N4O4S2. The van der Waals surface area contributed by atoms with Crippen LogP contribution in [0.2, 0.25) is 0 Å². The molecule has 1 atom stereocenters. The summed E-state index contributed by atoms with van der Waals surface area (Å²) >= 11 is 1.48. The molecule has 2 heterocycles. The zero-order valence-corrected chi connectivity index (χ0v) is 20.4. The molecule has 0 radical (unpaired) electrons. The second-order valence-corrected chi connectivity index (χ2v) is 11.9. The van der Waals surface area contributed by atoms with Crippen LogP contribution in [0.5, 0.6) is 0 Å². The predicted molar refractivity (Wildman–Crippen MR) is 127 cm³/mol. The summed E-state index contributed by atoms with van der Waals surface area (Å²) in [5.74, 6) is 0.301. The van der Waals surface area contributed by atoms with Crippen molar-refractivity contribution < 1.29 is 18.0 Å². The minimum absolute atomic E-state index is 0.205. The summed E-state index contributed by atoms with van der Waals surface area (Å²) in [6.07, 6.45) is 5.97. The minimum atomic E-state index is -3.47. The number of aryl methyl sites for hydroxylation is 1. The number of sulfonamides is 1. The van der Waals surface area contributed by atoms with Crippen molar-refractivity contribution in [2.24, 2.45) is 5.92 Å². The molecule has 0 spiro atoms. The Morgan fingerprint density at radius 1 is 1.09 bits per heavy atom. The number of nitrogens with one attached hydrogen (secondary N) is 3. The van der Waals surface area contributed by atoms with E-state index in [0.717, 1.165) is 44.1 Å². The van der Waals surface area contributed by atoms with Crippen molar-refractivity contribution in [2.45, 2.75) is 56.9 Å². The number of carbonyl (C=O) groups excluding carboxylic acids is 2. The third-order valence-electron chi connectivity index (χ3n) is 6.17. The SMILES string of the molecule is CC1CCc2sc(C(=O)NNC(=O)NCc3ccc(S(=O)(=O)N4CCCCC4)cc3)cc2C1. The lowest BCUT2D eigenvalue weighted by atomic mass is 9.90. The van der Waals surface area contributed by atoms with Gasteiger partial charge in [0.15, 0.2) is 0 Å². The van der Waals surface area contributed by atoms with Gasteiger partial charge in [0.25, 0.3) is 5.91 Å². The Hall–Kier alpha value is -2.43. The molecule has 4 rings (SSSR count). The molecule has 1 aromatic heterocycles. The lowest BCUT2D eigenvalue weighted by Crippen LogP contribution is -2.46. The number of amides is 3. The van der Waals surface area contributed by atoms with Crippen molar-refractivity contribution in [3.8, 4) is 0 Å². The largest absolute Gasteiger partial charge is 0.333 e. The predicted octanol–water partition coefficient (Wildman–Crippen LogP) is 3.19. The van der Waals surface area contributed by atoms with Crippen LogP contribution in [0.15, 0.2) is 35.2 Å². The van der Waals surface area contributed by atoms with E-state index in [4.69, 9.17) is 0 Å². The van der Waals surface area contributed by atoms with Gasteiger partial charge in [0.1, 0.15) is 0 Å². The number of rotatable bonds is 5. The van der Waals surface area contributed by atoms with Crippen LogP contribution in [0.25, 0.3) is 0 Å². The van der Waals surface area contributed by atoms with Gasteiger partial charge in [-0.3, -0.25) is 10.2 Å². The number of carbonyl (C=O) groups is 2. The van der Waals surface area contributed by atoms with Gasteiger partial charge in [-0.25, -0.2) is 18.6 Å². The summed E-state index contributed by atoms with van der Waals surface area (Å²) in [6.45, 7) is 3.54. The summed E-state index contributed by atoms with van der Waals surface area (Å²) in [7, 11) is -3.47. The lowest BCUT2D eigenvalue weighted by Gasteiger charge is -2.25. The van der Waals surface area contributed by atoms with Crippen molar-refractivity contribution in [3.05, 3.63) is 51.2 Å². The highest BCUT2D eigenvalue weighted by Gasteiger charge is 2.25. The smallest absolute Gasteiger partial charge is 0.333 e. The molecule has 8 nitrogen and oxygen atoms in total. The molecule has 1 aliphatic heterocycles. The standard InChI is InChI=1S/C23H30N4O4S2/c1-16-5-10-20-18(13-16)14-21(32-20)22(28)25-26-23(29)24-15-17-6-8-19(9-7-17)33(30,31)27-11-3-2-4-12-27/h6-9,14,16H,2-5,10-13,15H2,1H3,(H,25,28)(H2,24,26,29). The molecule has 0 bridgehead atoms. The van der Waals surface area contributed by atoms with Gasteiger partial charge in [0.05, 0.1) is 9.77 Å². The number of piperidine rings is 1. The van der Waals surface area contributed by atoms with Crippen LogP contribution in [-0.2, 0) is 29.4 Å². The van der Waals surface area contributed by atoms with Crippen LogP contribution in [0.4, 0.5) is 4.79 Å². The highest BCUT2D eigenvalue weighted by molar-refractivity contribution is 7.89. The Kier molecular flexibility index (Phi) is 7.35. The van der Waals surface area contributed by atoms with E-state index in [1.807, 2.05) is 6.07 Å². The first-order valence-electron chi connectivity index (χ1n) is 11.4. The average Bonchev–Trinajstić information content (AvgIpc) is 3.25. The maximum Gasteiger partial charge on any atom is 0.333 e. The van der Waals surface area contributed by atoms with E-state index in [0.29, 0.717) is 23.9 Å². The van der Waals surface area contributed by atoms with Gasteiger partial charge >= 0.3 is 6.03 Å². The van der Waals surface area contributed by atoms with Gasteiger partial charge in [-0.1, -0.05) is 25.5 Å². The summed E-state index contributed by atoms with van der Waals surface area (Å²) < 4.78 is 27.0. The number of benzene rings is 1. The number of hydrazine groups is 1. The van der Waals surface area contributed by atoms with Crippen molar-refractivity contribution in [3.63, 3.8) is 0 Å². The molecule has 10 heteroatoms. The van der Waals surface area contributed by atoms with Crippen molar-refractivity contribution in [1.82, 2.24) is 20.5 Å². The number of hydrogen-bond donors (Lipinski definition) is 3. The van der Waals surface area contributed by atoms with E-state index in [1.165, 1.54) is 26.1 Å². The van der Waals surface area contributed by atoms with Gasteiger partial charge in [0, 0.05) is 24.5 Å². The maximum atomic E-state index is 12.7. The highest BCUT2D eigenvalue weighted by atomic mass is 32.2. The van der Waals surface area contributed by atoms with Crippen molar-refractivity contribution >= 4 is 33.3 Å². The molecule has 1 unspecified atom stereocenters. The van der Waals surface area contributed by atoms with Crippen LogP contribution >= 0.6 is 11.3 Å². The van der Waals surface area contributed by atoms with Crippen LogP contribution in [-0.4, -0.2) is 37.8 Å². The zero-order chi connectivity index (χ0) is 23.4. The third kappa shape index (κ3) is 5.74. The Labute approximate surface area is 198 Å². The van der Waals surface area contributed by atoms with Crippen LogP contribution in [0.1, 0.15) is 58.3 Å². The van der Waals surface area contributed by atoms with E-state index in [9.17, 15) is 18.0 Å². The molecule has 3 N–H and O–H groups in total. The lowest BCUT2D eigenvalue weighted by molar-refractivity contribution is 0.0940. The van der Waals surface area contributed by atoms with E-state index >= 15 is 0 Å². The molecule has 2 aliphatic rings. The quantitative estimate of drug-likeness (QED) is 0.560. The first-order chi connectivity index (χ1) is 15.8. The molecule has 3 amide bonds. The number of hydrogen-bond acceptors (Lipinski definition) is 5. The molecule has 2 aromatic rings. The fourth-order valence-electron chi connectivity index (χ4n) is 4.25. The molecule has 1 fully saturated rings. The first kappa shape index (κ1) is 23.7. The van der Waals surface area contributed by atoms with Crippen LogP contribution < -0.4 is 16.2 Å². The fraction of sp³-hybridized carbons (Fsp3) is 0.478. The Balaban J connectivity index is 1.25. The Bertz CT molecular complexity index is 1110. The number of nitrogens with zero attached hydrogens (tertiary/aromatic N) is 1. The average molecular weight is 491 g/mol. The van der Waals surface area contributed by atoms with Crippen LogP contribution in [0.3, 0.4) is 0 Å². The Morgan fingerprint density at radius 3 is 2.55 bits per heavy atom. The molecule has 33 heavy (non-hydrogen) atoms. The summed E-state index contributed by atoms with van der Waals surface area (Å²) in [4.78, 5) is 26.6. The molecule has 178 valence electrons. The van der Waals surface area contributed by atoms with E-state index in [2.05, 4.69) is 23.1 Å². The molecule has 1 aliphatic carbocycles. The normalized spacial score (nSPS) is 18.9. The second-order valence-electron chi connectivity index (χ2n) is 8.78.